The maximum Gasteiger partial charge on any atom is 0.397 e. The first-order valence-electron chi connectivity index (χ1n) is 5.45. The fourth-order valence-corrected chi connectivity index (χ4v) is 2.92. The summed E-state index contributed by atoms with van der Waals surface area (Å²) >= 11 is 0. The van der Waals surface area contributed by atoms with Gasteiger partial charge in [-0.3, -0.25) is 4.55 Å². The molecule has 0 amide bonds. The Hall–Kier alpha value is -0.130. The van der Waals surface area contributed by atoms with Gasteiger partial charge in [-0.2, -0.15) is 8.42 Å². The highest BCUT2D eigenvalue weighted by atomic mass is 32.3. The highest BCUT2D eigenvalue weighted by molar-refractivity contribution is 7.80. The van der Waals surface area contributed by atoms with Gasteiger partial charge in [-0.25, -0.2) is 4.18 Å². The second kappa shape index (κ2) is 4.80. The molecule has 0 unspecified atom stereocenters. The van der Waals surface area contributed by atoms with E-state index in [-0.39, 0.29) is 12.0 Å². The van der Waals surface area contributed by atoms with Crippen LogP contribution in [0.1, 0.15) is 40.0 Å². The molecule has 1 aliphatic rings. The standard InChI is InChI=1S/C10H20O4S/c1-7(2)9-5-4-8(3)6-10(9)14-15(11,12)13/h7-10H,4-6H2,1-3H3,(H,11,12,13)/t8-,9+,10-/m1/s1. The molecule has 0 saturated heterocycles. The largest absolute Gasteiger partial charge is 0.397 e. The first-order chi connectivity index (χ1) is 6.79. The first-order valence-corrected chi connectivity index (χ1v) is 6.82. The molecule has 5 heteroatoms. The molecule has 3 atom stereocenters. The molecule has 90 valence electrons. The second-order valence-electron chi connectivity index (χ2n) is 4.89. The van der Waals surface area contributed by atoms with Crippen molar-refractivity contribution in [2.75, 3.05) is 0 Å². The van der Waals surface area contributed by atoms with Crippen molar-refractivity contribution in [2.24, 2.45) is 17.8 Å². The van der Waals surface area contributed by atoms with E-state index in [0.717, 1.165) is 12.8 Å². The summed E-state index contributed by atoms with van der Waals surface area (Å²) < 4.78 is 34.9. The van der Waals surface area contributed by atoms with Gasteiger partial charge in [0.2, 0.25) is 0 Å². The van der Waals surface area contributed by atoms with Gasteiger partial charge in [0.05, 0.1) is 6.10 Å². The predicted octanol–water partition coefficient (Wildman–Crippen LogP) is 2.27. The molecule has 0 spiro atoms. The van der Waals surface area contributed by atoms with Crippen LogP contribution in [0.4, 0.5) is 0 Å². The molecule has 0 aromatic heterocycles. The number of hydrogen-bond acceptors (Lipinski definition) is 3. The van der Waals surface area contributed by atoms with Gasteiger partial charge in [-0.1, -0.05) is 27.2 Å². The van der Waals surface area contributed by atoms with Crippen LogP contribution in [-0.2, 0) is 14.6 Å². The van der Waals surface area contributed by atoms with Gasteiger partial charge < -0.3 is 0 Å². The Morgan fingerprint density at radius 1 is 1.33 bits per heavy atom. The van der Waals surface area contributed by atoms with E-state index in [0.29, 0.717) is 18.3 Å². The van der Waals surface area contributed by atoms with Crippen LogP contribution in [-0.4, -0.2) is 19.1 Å². The molecule has 0 aromatic carbocycles. The molecule has 1 rings (SSSR count). The Bertz CT molecular complexity index is 297. The van der Waals surface area contributed by atoms with E-state index < -0.39 is 10.4 Å². The molecule has 0 aromatic rings. The quantitative estimate of drug-likeness (QED) is 0.763. The summed E-state index contributed by atoms with van der Waals surface area (Å²) in [6.07, 6.45) is 2.43. The lowest BCUT2D eigenvalue weighted by molar-refractivity contribution is 0.0422. The third-order valence-electron chi connectivity index (χ3n) is 3.21. The summed E-state index contributed by atoms with van der Waals surface area (Å²) in [6, 6.07) is 0. The van der Waals surface area contributed by atoms with Crippen molar-refractivity contribution in [3.63, 3.8) is 0 Å². The molecular formula is C10H20O4S. The molecular weight excluding hydrogens is 216 g/mol. The zero-order valence-electron chi connectivity index (χ0n) is 9.51. The van der Waals surface area contributed by atoms with Gasteiger partial charge in [-0.05, 0) is 30.6 Å². The van der Waals surface area contributed by atoms with Gasteiger partial charge in [0.15, 0.2) is 0 Å². The lowest BCUT2D eigenvalue weighted by Gasteiger charge is -2.35. The second-order valence-corrected chi connectivity index (χ2v) is 5.94. The summed E-state index contributed by atoms with van der Waals surface area (Å²) in [4.78, 5) is 0. The lowest BCUT2D eigenvalue weighted by Crippen LogP contribution is -2.35. The van der Waals surface area contributed by atoms with Crippen molar-refractivity contribution < 1.29 is 17.2 Å². The summed E-state index contributed by atoms with van der Waals surface area (Å²) in [7, 11) is -4.31. The van der Waals surface area contributed by atoms with E-state index in [4.69, 9.17) is 8.74 Å². The fraction of sp³-hybridized carbons (Fsp3) is 1.00. The van der Waals surface area contributed by atoms with E-state index in [1.165, 1.54) is 0 Å². The Labute approximate surface area is 92.0 Å². The Morgan fingerprint density at radius 3 is 2.40 bits per heavy atom. The van der Waals surface area contributed by atoms with Gasteiger partial charge in [-0.15, -0.1) is 0 Å². The van der Waals surface area contributed by atoms with Crippen molar-refractivity contribution in [3.05, 3.63) is 0 Å². The topological polar surface area (TPSA) is 63.6 Å². The van der Waals surface area contributed by atoms with E-state index >= 15 is 0 Å². The molecule has 4 nitrogen and oxygen atoms in total. The molecule has 1 saturated carbocycles. The maximum absolute atomic E-state index is 10.7. The average Bonchev–Trinajstić information content (AvgIpc) is 1.99. The van der Waals surface area contributed by atoms with Gasteiger partial charge in [0.25, 0.3) is 0 Å². The van der Waals surface area contributed by atoms with Crippen LogP contribution < -0.4 is 0 Å². The Kier molecular flexibility index (Phi) is 4.14. The number of hydrogen-bond donors (Lipinski definition) is 1. The van der Waals surface area contributed by atoms with Crippen molar-refractivity contribution in [2.45, 2.75) is 46.1 Å². The molecule has 1 N–H and O–H groups in total. The van der Waals surface area contributed by atoms with Crippen molar-refractivity contribution in [1.29, 1.82) is 0 Å². The summed E-state index contributed by atoms with van der Waals surface area (Å²) in [5.41, 5.74) is 0. The van der Waals surface area contributed by atoms with Crippen molar-refractivity contribution in [3.8, 4) is 0 Å². The zero-order valence-corrected chi connectivity index (χ0v) is 10.3. The van der Waals surface area contributed by atoms with Gasteiger partial charge in [0, 0.05) is 0 Å². The van der Waals surface area contributed by atoms with Crippen LogP contribution in [0.3, 0.4) is 0 Å². The highest BCUT2D eigenvalue weighted by Gasteiger charge is 2.34. The molecule has 0 aliphatic heterocycles. The van der Waals surface area contributed by atoms with E-state index in [9.17, 15) is 8.42 Å². The fourth-order valence-electron chi connectivity index (χ4n) is 2.38. The van der Waals surface area contributed by atoms with E-state index in [1.807, 2.05) is 0 Å². The zero-order chi connectivity index (χ0) is 11.6. The molecule has 1 fully saturated rings. The van der Waals surface area contributed by atoms with Crippen LogP contribution in [0, 0.1) is 17.8 Å². The molecule has 1 aliphatic carbocycles. The molecule has 0 radical (unpaired) electrons. The summed E-state index contributed by atoms with van der Waals surface area (Å²) in [5.74, 6) is 1.07. The normalized spacial score (nSPS) is 33.3. The van der Waals surface area contributed by atoms with Crippen LogP contribution in [0.15, 0.2) is 0 Å². The minimum absolute atomic E-state index is 0.225. The van der Waals surface area contributed by atoms with E-state index in [1.54, 1.807) is 0 Å². The molecule has 15 heavy (non-hydrogen) atoms. The maximum atomic E-state index is 10.7. The van der Waals surface area contributed by atoms with Crippen LogP contribution in [0.25, 0.3) is 0 Å². The highest BCUT2D eigenvalue weighted by Crippen LogP contribution is 2.35. The molecule has 0 heterocycles. The third-order valence-corrected chi connectivity index (χ3v) is 3.70. The Balaban J connectivity index is 2.70. The predicted molar refractivity (Wildman–Crippen MR) is 57.8 cm³/mol. The minimum Gasteiger partial charge on any atom is -0.264 e. The third kappa shape index (κ3) is 4.09. The smallest absolute Gasteiger partial charge is 0.264 e. The van der Waals surface area contributed by atoms with Crippen LogP contribution in [0.2, 0.25) is 0 Å². The Morgan fingerprint density at radius 2 is 1.93 bits per heavy atom. The monoisotopic (exact) mass is 236 g/mol. The SMILES string of the molecule is CC(C)[C@@H]1CC[C@@H](C)C[C@H]1OS(=O)(=O)O. The lowest BCUT2D eigenvalue weighted by atomic mass is 9.75. The van der Waals surface area contributed by atoms with E-state index in [2.05, 4.69) is 20.8 Å². The van der Waals surface area contributed by atoms with Gasteiger partial charge in [0.1, 0.15) is 0 Å². The van der Waals surface area contributed by atoms with Crippen molar-refractivity contribution in [1.82, 2.24) is 0 Å². The summed E-state index contributed by atoms with van der Waals surface area (Å²) in [6.45, 7) is 6.19. The number of rotatable bonds is 3. The first kappa shape index (κ1) is 12.9. The minimum atomic E-state index is -4.31. The van der Waals surface area contributed by atoms with Crippen LogP contribution >= 0.6 is 0 Å². The van der Waals surface area contributed by atoms with Crippen LogP contribution in [0.5, 0.6) is 0 Å². The summed E-state index contributed by atoms with van der Waals surface area (Å²) in [5, 5.41) is 0. The average molecular weight is 236 g/mol. The molecule has 0 bridgehead atoms. The van der Waals surface area contributed by atoms with Gasteiger partial charge >= 0.3 is 10.4 Å². The van der Waals surface area contributed by atoms with Crippen molar-refractivity contribution >= 4 is 10.4 Å².